The molecule has 0 spiro atoms. The van der Waals surface area contributed by atoms with Gasteiger partial charge in [-0.3, -0.25) is 0 Å². The number of nitrogen functional groups attached to an aromatic ring is 1. The van der Waals surface area contributed by atoms with E-state index in [4.69, 9.17) is 22.4 Å². The summed E-state index contributed by atoms with van der Waals surface area (Å²) in [6, 6.07) is 1.69. The maximum atomic E-state index is 8.77. The Bertz CT molecular complexity index is 320. The van der Waals surface area contributed by atoms with E-state index < -0.39 is 0 Å². The topological polar surface area (TPSA) is 62.4 Å². The van der Waals surface area contributed by atoms with Crippen LogP contribution in [-0.4, -0.2) is 29.8 Å². The van der Waals surface area contributed by atoms with E-state index in [1.807, 2.05) is 11.8 Å². The summed E-state index contributed by atoms with van der Waals surface area (Å²) in [4.78, 5) is 6.20. The second kappa shape index (κ2) is 5.78. The number of rotatable bonds is 5. The molecule has 0 aliphatic rings. The highest BCUT2D eigenvalue weighted by Crippen LogP contribution is 2.23. The Morgan fingerprint density at radius 2 is 2.33 bits per heavy atom. The molecule has 15 heavy (non-hydrogen) atoms. The molecule has 1 aromatic heterocycles. The molecule has 3 N–H and O–H groups in total. The van der Waals surface area contributed by atoms with Gasteiger partial charge in [0.05, 0.1) is 10.7 Å². The molecule has 0 amide bonds. The van der Waals surface area contributed by atoms with Crippen LogP contribution < -0.4 is 10.6 Å². The van der Waals surface area contributed by atoms with Gasteiger partial charge in [0.2, 0.25) is 0 Å². The number of anilines is 2. The zero-order valence-electron chi connectivity index (χ0n) is 8.78. The minimum atomic E-state index is 0.171. The highest BCUT2D eigenvalue weighted by molar-refractivity contribution is 6.30. The van der Waals surface area contributed by atoms with Crippen LogP contribution in [0.2, 0.25) is 5.02 Å². The van der Waals surface area contributed by atoms with Gasteiger partial charge in [0.25, 0.3) is 0 Å². The maximum Gasteiger partial charge on any atom is 0.151 e. The molecule has 0 saturated carbocycles. The number of hydrogen-bond acceptors (Lipinski definition) is 4. The molecule has 1 aromatic rings. The van der Waals surface area contributed by atoms with Crippen molar-refractivity contribution in [3.63, 3.8) is 0 Å². The smallest absolute Gasteiger partial charge is 0.151 e. The number of aliphatic hydroxyl groups excluding tert-OH is 1. The summed E-state index contributed by atoms with van der Waals surface area (Å²) in [7, 11) is 0. The zero-order valence-corrected chi connectivity index (χ0v) is 9.54. The lowest BCUT2D eigenvalue weighted by atomic mass is 10.3. The van der Waals surface area contributed by atoms with Gasteiger partial charge in [-0.25, -0.2) is 4.98 Å². The molecule has 0 unspecified atom stereocenters. The van der Waals surface area contributed by atoms with Crippen LogP contribution in [0.15, 0.2) is 12.3 Å². The molecule has 0 fully saturated rings. The van der Waals surface area contributed by atoms with Gasteiger partial charge in [0, 0.05) is 25.9 Å². The molecule has 0 aromatic carbocycles. The molecular weight excluding hydrogens is 214 g/mol. The Balaban J connectivity index is 2.81. The van der Waals surface area contributed by atoms with Crippen molar-refractivity contribution in [2.75, 3.05) is 30.3 Å². The lowest BCUT2D eigenvalue weighted by molar-refractivity contribution is 0.289. The van der Waals surface area contributed by atoms with E-state index in [0.717, 1.165) is 18.9 Å². The lowest BCUT2D eigenvalue weighted by Crippen LogP contribution is -2.26. The van der Waals surface area contributed by atoms with Gasteiger partial charge in [0.15, 0.2) is 5.82 Å². The van der Waals surface area contributed by atoms with Crippen molar-refractivity contribution in [3.05, 3.63) is 17.3 Å². The summed E-state index contributed by atoms with van der Waals surface area (Å²) in [6.45, 7) is 3.74. The highest BCUT2D eigenvalue weighted by Gasteiger charge is 2.09. The van der Waals surface area contributed by atoms with Crippen molar-refractivity contribution in [2.45, 2.75) is 13.3 Å². The van der Waals surface area contributed by atoms with E-state index in [1.54, 1.807) is 12.3 Å². The van der Waals surface area contributed by atoms with Gasteiger partial charge in [-0.1, -0.05) is 11.6 Å². The minimum absolute atomic E-state index is 0.171. The Kier molecular flexibility index (Phi) is 4.65. The zero-order chi connectivity index (χ0) is 11.3. The van der Waals surface area contributed by atoms with E-state index in [1.165, 1.54) is 0 Å². The van der Waals surface area contributed by atoms with E-state index in [0.29, 0.717) is 17.1 Å². The normalized spacial score (nSPS) is 10.3. The molecule has 4 nitrogen and oxygen atoms in total. The number of hydrogen-bond donors (Lipinski definition) is 2. The number of nitrogens with zero attached hydrogens (tertiary/aromatic N) is 2. The monoisotopic (exact) mass is 229 g/mol. The van der Waals surface area contributed by atoms with Crippen molar-refractivity contribution in [1.82, 2.24) is 4.98 Å². The van der Waals surface area contributed by atoms with Crippen molar-refractivity contribution >= 4 is 23.1 Å². The Labute approximate surface area is 94.7 Å². The fraction of sp³-hybridized carbons (Fsp3) is 0.500. The average Bonchev–Trinajstić information content (AvgIpc) is 2.21. The second-order valence-corrected chi connectivity index (χ2v) is 3.66. The number of pyridine rings is 1. The van der Waals surface area contributed by atoms with Crippen molar-refractivity contribution in [2.24, 2.45) is 0 Å². The quantitative estimate of drug-likeness (QED) is 0.804. The fourth-order valence-corrected chi connectivity index (χ4v) is 1.55. The number of halogens is 1. The van der Waals surface area contributed by atoms with E-state index >= 15 is 0 Å². The molecule has 5 heteroatoms. The molecule has 0 saturated heterocycles. The van der Waals surface area contributed by atoms with Crippen LogP contribution in [-0.2, 0) is 0 Å². The third-order valence-corrected chi connectivity index (χ3v) is 2.34. The summed E-state index contributed by atoms with van der Waals surface area (Å²) < 4.78 is 0. The highest BCUT2D eigenvalue weighted by atomic mass is 35.5. The first-order chi connectivity index (χ1) is 7.19. The molecule has 84 valence electrons. The predicted molar refractivity (Wildman–Crippen MR) is 63.2 cm³/mol. The minimum Gasteiger partial charge on any atom is -0.396 e. The Morgan fingerprint density at radius 1 is 1.60 bits per heavy atom. The predicted octanol–water partition coefficient (Wildman–Crippen LogP) is 1.53. The van der Waals surface area contributed by atoms with Crippen LogP contribution in [0.5, 0.6) is 0 Å². The molecular formula is C10H16ClN3O. The summed E-state index contributed by atoms with van der Waals surface area (Å²) in [6.07, 6.45) is 2.28. The van der Waals surface area contributed by atoms with Crippen LogP contribution >= 0.6 is 11.6 Å². The van der Waals surface area contributed by atoms with E-state index in [2.05, 4.69) is 4.98 Å². The molecule has 0 aliphatic carbocycles. The summed E-state index contributed by atoms with van der Waals surface area (Å²) in [5, 5.41) is 9.31. The SMILES string of the molecule is CCN(CCCO)c1ncc(Cl)cc1N. The van der Waals surface area contributed by atoms with Crippen LogP contribution in [0.3, 0.4) is 0 Å². The van der Waals surface area contributed by atoms with Crippen molar-refractivity contribution < 1.29 is 5.11 Å². The van der Waals surface area contributed by atoms with Crippen molar-refractivity contribution in [1.29, 1.82) is 0 Å². The van der Waals surface area contributed by atoms with Crippen LogP contribution in [0.25, 0.3) is 0 Å². The van der Waals surface area contributed by atoms with Gasteiger partial charge in [-0.05, 0) is 19.4 Å². The van der Waals surface area contributed by atoms with E-state index in [-0.39, 0.29) is 6.61 Å². The van der Waals surface area contributed by atoms with Gasteiger partial charge in [0.1, 0.15) is 0 Å². The largest absolute Gasteiger partial charge is 0.396 e. The van der Waals surface area contributed by atoms with Crippen LogP contribution in [0.4, 0.5) is 11.5 Å². The number of nitrogens with two attached hydrogens (primary N) is 1. The Morgan fingerprint density at radius 3 is 2.87 bits per heavy atom. The number of aliphatic hydroxyl groups is 1. The molecule has 1 heterocycles. The molecule has 0 bridgehead atoms. The Hall–Kier alpha value is -1.00. The summed E-state index contributed by atoms with van der Waals surface area (Å²) in [5.74, 6) is 0.732. The van der Waals surface area contributed by atoms with Gasteiger partial charge in [-0.15, -0.1) is 0 Å². The molecule has 1 rings (SSSR count). The fourth-order valence-electron chi connectivity index (χ4n) is 1.39. The van der Waals surface area contributed by atoms with Crippen molar-refractivity contribution in [3.8, 4) is 0 Å². The standard InChI is InChI=1S/C10H16ClN3O/c1-2-14(4-3-5-15)10-9(12)6-8(11)7-13-10/h6-7,15H,2-5,12H2,1H3. The average molecular weight is 230 g/mol. The number of aromatic nitrogens is 1. The van der Waals surface area contributed by atoms with Gasteiger partial charge >= 0.3 is 0 Å². The maximum absolute atomic E-state index is 8.77. The first-order valence-electron chi connectivity index (χ1n) is 4.95. The molecule has 0 atom stereocenters. The first-order valence-corrected chi connectivity index (χ1v) is 5.33. The van der Waals surface area contributed by atoms with E-state index in [9.17, 15) is 0 Å². The van der Waals surface area contributed by atoms with Gasteiger partial charge in [-0.2, -0.15) is 0 Å². The third kappa shape index (κ3) is 3.25. The van der Waals surface area contributed by atoms with Crippen LogP contribution in [0.1, 0.15) is 13.3 Å². The lowest BCUT2D eigenvalue weighted by Gasteiger charge is -2.22. The molecule has 0 radical (unpaired) electrons. The third-order valence-electron chi connectivity index (χ3n) is 2.13. The first kappa shape index (κ1) is 12.1. The van der Waals surface area contributed by atoms with Crippen LogP contribution in [0, 0.1) is 0 Å². The van der Waals surface area contributed by atoms with Gasteiger partial charge < -0.3 is 15.7 Å². The summed E-state index contributed by atoms with van der Waals surface area (Å²) >= 11 is 5.77. The molecule has 0 aliphatic heterocycles. The second-order valence-electron chi connectivity index (χ2n) is 3.22. The summed E-state index contributed by atoms with van der Waals surface area (Å²) in [5.41, 5.74) is 6.39.